The molecule has 6 heteroatoms. The minimum atomic E-state index is 0.0482. The number of hydrogen-bond acceptors (Lipinski definition) is 3. The lowest BCUT2D eigenvalue weighted by Gasteiger charge is -2.36. The molecule has 2 heterocycles. The largest absolute Gasteiger partial charge is 0.331 e. The van der Waals surface area contributed by atoms with Gasteiger partial charge in [-0.25, -0.2) is 4.98 Å². The molecule has 174 valence electrons. The highest BCUT2D eigenvalue weighted by Gasteiger charge is 2.31. The normalized spacial score (nSPS) is 18.2. The molecule has 3 nitrogen and oxygen atoms in total. The van der Waals surface area contributed by atoms with Crippen molar-refractivity contribution in [3.8, 4) is 11.1 Å². The fourth-order valence-electron chi connectivity index (χ4n) is 4.80. The van der Waals surface area contributed by atoms with Crippen molar-refractivity contribution in [1.29, 1.82) is 0 Å². The van der Waals surface area contributed by atoms with E-state index in [1.54, 1.807) is 0 Å². The average Bonchev–Trinajstić information content (AvgIpc) is 3.20. The van der Waals surface area contributed by atoms with E-state index in [0.717, 1.165) is 62.1 Å². The lowest BCUT2D eigenvalue weighted by molar-refractivity contribution is 0.0598. The van der Waals surface area contributed by atoms with Gasteiger partial charge in [-0.3, -0.25) is 4.79 Å². The van der Waals surface area contributed by atoms with E-state index in [1.165, 1.54) is 11.3 Å². The van der Waals surface area contributed by atoms with Crippen molar-refractivity contribution in [3.63, 3.8) is 0 Å². The first-order valence-electron chi connectivity index (χ1n) is 11.7. The van der Waals surface area contributed by atoms with Crippen molar-refractivity contribution in [1.82, 2.24) is 9.88 Å². The Morgan fingerprint density at radius 1 is 1.06 bits per heavy atom. The van der Waals surface area contributed by atoms with E-state index in [4.69, 9.17) is 11.6 Å². The van der Waals surface area contributed by atoms with Gasteiger partial charge >= 0.3 is 0 Å². The second-order valence-electron chi connectivity index (χ2n) is 9.16. The number of rotatable bonds is 5. The molecule has 1 saturated carbocycles. The van der Waals surface area contributed by atoms with Crippen LogP contribution in [0.25, 0.3) is 21.2 Å². The molecule has 0 unspecified atom stereocenters. The molecule has 2 aromatic carbocycles. The smallest absolute Gasteiger partial charge is 0.266 e. The summed E-state index contributed by atoms with van der Waals surface area (Å²) in [5.74, 6) is 0.768. The zero-order valence-electron chi connectivity index (χ0n) is 19.0. The van der Waals surface area contributed by atoms with Crippen LogP contribution in [0.4, 0.5) is 0 Å². The molecule has 0 radical (unpaired) electrons. The standard InChI is InChI=1S/C28H26ClIN2OS/c1-18-9-12-22(13-10-18)32(28(33)27-26(29)23-7-2-3-8-24(23)34-27)17-19-5-4-6-20(15-19)21-11-14-25(30)31-16-21/h2-8,11,14-16,18,22H,9-10,12-13,17H2,1H3. The molecule has 0 saturated heterocycles. The monoisotopic (exact) mass is 600 g/mol. The lowest BCUT2D eigenvalue weighted by atomic mass is 9.86. The number of thiophene rings is 1. The van der Waals surface area contributed by atoms with E-state index < -0.39 is 0 Å². The molecular weight excluding hydrogens is 575 g/mol. The first-order valence-corrected chi connectivity index (χ1v) is 14.0. The van der Waals surface area contributed by atoms with Crippen LogP contribution in [-0.4, -0.2) is 21.8 Å². The van der Waals surface area contributed by atoms with Crippen molar-refractivity contribution in [2.75, 3.05) is 0 Å². The van der Waals surface area contributed by atoms with Gasteiger partial charge in [0.2, 0.25) is 0 Å². The van der Waals surface area contributed by atoms with Crippen LogP contribution in [0.1, 0.15) is 47.8 Å². The minimum Gasteiger partial charge on any atom is -0.331 e. The molecule has 0 bridgehead atoms. The average molecular weight is 601 g/mol. The predicted octanol–water partition coefficient (Wildman–Crippen LogP) is 8.44. The van der Waals surface area contributed by atoms with Gasteiger partial charge in [-0.1, -0.05) is 61.0 Å². The van der Waals surface area contributed by atoms with Crippen molar-refractivity contribution >= 4 is 61.5 Å². The Labute approximate surface area is 223 Å². The highest BCUT2D eigenvalue weighted by molar-refractivity contribution is 14.1. The zero-order valence-corrected chi connectivity index (χ0v) is 22.7. The first-order chi connectivity index (χ1) is 16.5. The Kier molecular flexibility index (Phi) is 7.23. The molecule has 0 aliphatic heterocycles. The molecule has 1 amide bonds. The van der Waals surface area contributed by atoms with Crippen molar-refractivity contribution in [2.45, 2.75) is 45.2 Å². The van der Waals surface area contributed by atoms with Crippen LogP contribution < -0.4 is 0 Å². The SMILES string of the molecule is CC1CCC(N(Cc2cccc(-c3ccc(I)nc3)c2)C(=O)c2sc3ccccc3c2Cl)CC1. The van der Waals surface area contributed by atoms with E-state index in [1.807, 2.05) is 36.5 Å². The fraction of sp³-hybridized carbons (Fsp3) is 0.286. The summed E-state index contributed by atoms with van der Waals surface area (Å²) in [5, 5.41) is 1.54. The predicted molar refractivity (Wildman–Crippen MR) is 151 cm³/mol. The number of nitrogens with zero attached hydrogens (tertiary/aromatic N) is 2. The van der Waals surface area contributed by atoms with Crippen molar-refractivity contribution in [3.05, 3.63) is 86.0 Å². The number of fused-ring (bicyclic) bond motifs is 1. The Bertz CT molecular complexity index is 1310. The molecule has 2 aromatic heterocycles. The zero-order chi connectivity index (χ0) is 23.7. The van der Waals surface area contributed by atoms with E-state index >= 15 is 0 Å². The quantitative estimate of drug-likeness (QED) is 0.170. The van der Waals surface area contributed by atoms with Crippen LogP contribution in [-0.2, 0) is 6.54 Å². The third-order valence-corrected chi connectivity index (χ3v) is 9.06. The summed E-state index contributed by atoms with van der Waals surface area (Å²) in [6, 6.07) is 20.8. The van der Waals surface area contributed by atoms with Gasteiger partial charge in [-0.15, -0.1) is 11.3 Å². The van der Waals surface area contributed by atoms with Crippen molar-refractivity contribution < 1.29 is 4.79 Å². The van der Waals surface area contributed by atoms with Gasteiger partial charge in [0.15, 0.2) is 0 Å². The van der Waals surface area contributed by atoms with E-state index in [-0.39, 0.29) is 11.9 Å². The lowest BCUT2D eigenvalue weighted by Crippen LogP contribution is -2.41. The van der Waals surface area contributed by atoms with Crippen LogP contribution in [0.5, 0.6) is 0 Å². The molecular formula is C28H26ClIN2OS. The van der Waals surface area contributed by atoms with Gasteiger partial charge < -0.3 is 4.90 Å². The Morgan fingerprint density at radius 3 is 2.59 bits per heavy atom. The maximum atomic E-state index is 14.0. The molecule has 0 spiro atoms. The molecule has 0 N–H and O–H groups in total. The van der Waals surface area contributed by atoms with Gasteiger partial charge in [0, 0.05) is 34.4 Å². The summed E-state index contributed by atoms with van der Waals surface area (Å²) in [6.45, 7) is 2.89. The summed E-state index contributed by atoms with van der Waals surface area (Å²) in [6.07, 6.45) is 6.29. The summed E-state index contributed by atoms with van der Waals surface area (Å²) in [5.41, 5.74) is 3.32. The summed E-state index contributed by atoms with van der Waals surface area (Å²) >= 11 is 10.5. The third kappa shape index (κ3) is 5.02. The number of hydrogen-bond donors (Lipinski definition) is 0. The van der Waals surface area contributed by atoms with Crippen molar-refractivity contribution in [2.24, 2.45) is 5.92 Å². The molecule has 1 aliphatic carbocycles. The second kappa shape index (κ2) is 10.3. The van der Waals surface area contributed by atoms with Crippen LogP contribution >= 0.6 is 45.5 Å². The minimum absolute atomic E-state index is 0.0482. The number of pyridine rings is 1. The maximum Gasteiger partial charge on any atom is 0.266 e. The van der Waals surface area contributed by atoms with Crippen LogP contribution in [0.2, 0.25) is 5.02 Å². The van der Waals surface area contributed by atoms with Crippen LogP contribution in [0, 0.1) is 9.62 Å². The van der Waals surface area contributed by atoms with E-state index in [0.29, 0.717) is 16.4 Å². The van der Waals surface area contributed by atoms with Crippen LogP contribution in [0.3, 0.4) is 0 Å². The van der Waals surface area contributed by atoms with Crippen LogP contribution in [0.15, 0.2) is 66.9 Å². The first kappa shape index (κ1) is 23.8. The molecule has 1 fully saturated rings. The van der Waals surface area contributed by atoms with Gasteiger partial charge in [0.05, 0.1) is 5.02 Å². The van der Waals surface area contributed by atoms with Gasteiger partial charge in [-0.05, 0) is 83.5 Å². The summed E-state index contributed by atoms with van der Waals surface area (Å²) in [7, 11) is 0. The highest BCUT2D eigenvalue weighted by Crippen LogP contribution is 2.38. The topological polar surface area (TPSA) is 33.2 Å². The number of halogens is 2. The Hall–Kier alpha value is -1.96. The maximum absolute atomic E-state index is 14.0. The highest BCUT2D eigenvalue weighted by atomic mass is 127. The molecule has 5 rings (SSSR count). The second-order valence-corrected chi connectivity index (χ2v) is 11.7. The number of carbonyl (C=O) groups is 1. The third-order valence-electron chi connectivity index (χ3n) is 6.76. The number of carbonyl (C=O) groups excluding carboxylic acids is 1. The Balaban J connectivity index is 1.48. The molecule has 0 atom stereocenters. The van der Waals surface area contributed by atoms with Gasteiger partial charge in [0.1, 0.15) is 8.58 Å². The number of amides is 1. The van der Waals surface area contributed by atoms with E-state index in [2.05, 4.69) is 69.7 Å². The molecule has 34 heavy (non-hydrogen) atoms. The molecule has 1 aliphatic rings. The van der Waals surface area contributed by atoms with Gasteiger partial charge in [-0.2, -0.15) is 0 Å². The van der Waals surface area contributed by atoms with E-state index in [9.17, 15) is 4.79 Å². The number of aromatic nitrogens is 1. The molecule has 4 aromatic rings. The Morgan fingerprint density at radius 2 is 1.85 bits per heavy atom. The number of benzene rings is 2. The van der Waals surface area contributed by atoms with Gasteiger partial charge in [0.25, 0.3) is 5.91 Å². The summed E-state index contributed by atoms with van der Waals surface area (Å²) < 4.78 is 2.03. The summed E-state index contributed by atoms with van der Waals surface area (Å²) in [4.78, 5) is 21.1. The fourth-order valence-corrected chi connectivity index (χ4v) is 6.58.